The Bertz CT molecular complexity index is 1030. The lowest BCUT2D eigenvalue weighted by molar-refractivity contribution is -0.124. The van der Waals surface area contributed by atoms with Gasteiger partial charge in [-0.25, -0.2) is 4.68 Å². The van der Waals surface area contributed by atoms with E-state index in [9.17, 15) is 9.59 Å². The van der Waals surface area contributed by atoms with Crippen molar-refractivity contribution in [2.24, 2.45) is 0 Å². The summed E-state index contributed by atoms with van der Waals surface area (Å²) in [6, 6.07) is 11.4. The van der Waals surface area contributed by atoms with Gasteiger partial charge >= 0.3 is 0 Å². The average Bonchev–Trinajstić information content (AvgIpc) is 2.77. The maximum atomic E-state index is 12.6. The number of benzene rings is 1. The molecule has 2 heterocycles. The Morgan fingerprint density at radius 2 is 1.93 bits per heavy atom. The molecular formula is C21H22N4O4. The van der Waals surface area contributed by atoms with Crippen molar-refractivity contribution in [1.82, 2.24) is 20.1 Å². The Hall–Kier alpha value is -3.68. The van der Waals surface area contributed by atoms with Gasteiger partial charge in [-0.3, -0.25) is 14.6 Å². The number of hydrogen-bond donors (Lipinski definition) is 1. The minimum atomic E-state index is -0.804. The molecular weight excluding hydrogens is 372 g/mol. The second-order valence-electron chi connectivity index (χ2n) is 6.33. The van der Waals surface area contributed by atoms with Crippen LogP contribution in [0.2, 0.25) is 0 Å². The number of ether oxygens (including phenoxy) is 2. The summed E-state index contributed by atoms with van der Waals surface area (Å²) in [6.45, 7) is 1.94. The largest absolute Gasteiger partial charge is 0.497 e. The van der Waals surface area contributed by atoms with Gasteiger partial charge in [0.25, 0.3) is 5.56 Å². The molecule has 0 aliphatic rings. The SMILES string of the molecule is COc1ccc(-c2nn([C@@H](C)C(=O)NCc3cccnc3)c(=O)cc2OC)cc1. The van der Waals surface area contributed by atoms with Gasteiger partial charge in [-0.2, -0.15) is 5.10 Å². The number of amides is 1. The van der Waals surface area contributed by atoms with Crippen molar-refractivity contribution in [2.75, 3.05) is 14.2 Å². The number of hydrogen-bond acceptors (Lipinski definition) is 6. The number of aromatic nitrogens is 3. The van der Waals surface area contributed by atoms with Crippen LogP contribution in [-0.2, 0) is 11.3 Å². The van der Waals surface area contributed by atoms with Gasteiger partial charge < -0.3 is 14.8 Å². The number of pyridine rings is 1. The third-order valence-corrected chi connectivity index (χ3v) is 4.44. The van der Waals surface area contributed by atoms with Crippen LogP contribution in [0.15, 0.2) is 59.7 Å². The zero-order chi connectivity index (χ0) is 20.8. The second kappa shape index (κ2) is 9.01. The van der Waals surface area contributed by atoms with Crippen LogP contribution in [0.25, 0.3) is 11.3 Å². The fraction of sp³-hybridized carbons (Fsp3) is 0.238. The Kier molecular flexibility index (Phi) is 6.23. The van der Waals surface area contributed by atoms with Gasteiger partial charge in [-0.05, 0) is 42.8 Å². The van der Waals surface area contributed by atoms with E-state index in [1.165, 1.54) is 13.2 Å². The average molecular weight is 394 g/mol. The van der Waals surface area contributed by atoms with Gasteiger partial charge in [0.2, 0.25) is 5.91 Å². The Morgan fingerprint density at radius 1 is 1.17 bits per heavy atom. The van der Waals surface area contributed by atoms with Crippen molar-refractivity contribution in [3.05, 3.63) is 70.8 Å². The van der Waals surface area contributed by atoms with Crippen LogP contribution in [0.1, 0.15) is 18.5 Å². The van der Waals surface area contributed by atoms with E-state index >= 15 is 0 Å². The first-order valence-corrected chi connectivity index (χ1v) is 9.02. The summed E-state index contributed by atoms with van der Waals surface area (Å²) >= 11 is 0. The fourth-order valence-corrected chi connectivity index (χ4v) is 2.79. The number of nitrogens with zero attached hydrogens (tertiary/aromatic N) is 3. The van der Waals surface area contributed by atoms with Crippen molar-refractivity contribution >= 4 is 5.91 Å². The smallest absolute Gasteiger partial charge is 0.271 e. The van der Waals surface area contributed by atoms with Gasteiger partial charge in [0.1, 0.15) is 17.5 Å². The first kappa shape index (κ1) is 20.1. The maximum Gasteiger partial charge on any atom is 0.271 e. The highest BCUT2D eigenvalue weighted by Crippen LogP contribution is 2.28. The molecule has 0 saturated carbocycles. The lowest BCUT2D eigenvalue weighted by Crippen LogP contribution is -2.37. The quantitative estimate of drug-likeness (QED) is 0.660. The first-order chi connectivity index (χ1) is 14.0. The molecule has 0 saturated heterocycles. The molecule has 0 bridgehead atoms. The van der Waals surface area contributed by atoms with Crippen molar-refractivity contribution in [1.29, 1.82) is 0 Å². The van der Waals surface area contributed by atoms with Crippen LogP contribution < -0.4 is 20.3 Å². The molecule has 1 N–H and O–H groups in total. The Morgan fingerprint density at radius 3 is 2.55 bits per heavy atom. The predicted octanol–water partition coefficient (Wildman–Crippen LogP) is 2.20. The normalized spacial score (nSPS) is 11.6. The molecule has 29 heavy (non-hydrogen) atoms. The van der Waals surface area contributed by atoms with E-state index < -0.39 is 11.6 Å². The second-order valence-corrected chi connectivity index (χ2v) is 6.33. The number of nitrogens with one attached hydrogen (secondary N) is 1. The number of methoxy groups -OCH3 is 2. The summed E-state index contributed by atoms with van der Waals surface area (Å²) in [5, 5.41) is 7.21. The summed E-state index contributed by atoms with van der Waals surface area (Å²) in [7, 11) is 3.05. The number of carbonyl (C=O) groups excluding carboxylic acids is 1. The molecule has 3 aromatic rings. The van der Waals surface area contributed by atoms with Crippen molar-refractivity contribution in [3.8, 4) is 22.8 Å². The minimum absolute atomic E-state index is 0.313. The summed E-state index contributed by atoms with van der Waals surface area (Å²) in [4.78, 5) is 29.1. The molecule has 150 valence electrons. The van der Waals surface area contributed by atoms with Crippen LogP contribution in [0.3, 0.4) is 0 Å². The molecule has 3 rings (SSSR count). The van der Waals surface area contributed by atoms with Gasteiger partial charge in [0.05, 0.1) is 14.2 Å². The Labute approximate surface area is 168 Å². The van der Waals surface area contributed by atoms with E-state index in [1.54, 1.807) is 44.6 Å². The summed E-state index contributed by atoms with van der Waals surface area (Å²) in [5.74, 6) is 0.706. The standard InChI is InChI=1S/C21H22N4O4/c1-14(21(27)23-13-15-5-4-10-22-12-15)25-19(26)11-18(29-3)20(24-25)16-6-8-17(28-2)9-7-16/h4-12,14H,13H2,1-3H3,(H,23,27)/t14-/m0/s1. The third-order valence-electron chi connectivity index (χ3n) is 4.44. The van der Waals surface area contributed by atoms with Crippen LogP contribution in [0.5, 0.6) is 11.5 Å². The molecule has 2 aromatic heterocycles. The van der Waals surface area contributed by atoms with Crippen LogP contribution in [-0.4, -0.2) is 34.9 Å². The van der Waals surface area contributed by atoms with Gasteiger partial charge in [0, 0.05) is 30.6 Å². The number of rotatable bonds is 7. The van der Waals surface area contributed by atoms with Gasteiger partial charge in [-0.15, -0.1) is 0 Å². The van der Waals surface area contributed by atoms with E-state index in [2.05, 4.69) is 15.4 Å². The van der Waals surface area contributed by atoms with E-state index in [0.717, 1.165) is 15.8 Å². The van der Waals surface area contributed by atoms with Crippen molar-refractivity contribution in [2.45, 2.75) is 19.5 Å². The third kappa shape index (κ3) is 4.60. The van der Waals surface area contributed by atoms with E-state index in [0.29, 0.717) is 23.7 Å². The van der Waals surface area contributed by atoms with E-state index in [1.807, 2.05) is 18.2 Å². The lowest BCUT2D eigenvalue weighted by atomic mass is 10.1. The van der Waals surface area contributed by atoms with Crippen LogP contribution >= 0.6 is 0 Å². The highest BCUT2D eigenvalue weighted by atomic mass is 16.5. The molecule has 8 nitrogen and oxygen atoms in total. The fourth-order valence-electron chi connectivity index (χ4n) is 2.79. The molecule has 0 unspecified atom stereocenters. The molecule has 0 fully saturated rings. The van der Waals surface area contributed by atoms with Gasteiger partial charge in [-0.1, -0.05) is 6.07 Å². The summed E-state index contributed by atoms with van der Waals surface area (Å²) < 4.78 is 11.6. The lowest BCUT2D eigenvalue weighted by Gasteiger charge is -2.17. The van der Waals surface area contributed by atoms with Crippen molar-refractivity contribution in [3.63, 3.8) is 0 Å². The molecule has 1 atom stereocenters. The minimum Gasteiger partial charge on any atom is -0.497 e. The van der Waals surface area contributed by atoms with Crippen LogP contribution in [0.4, 0.5) is 0 Å². The molecule has 0 aliphatic carbocycles. The Balaban J connectivity index is 1.87. The van der Waals surface area contributed by atoms with Crippen molar-refractivity contribution < 1.29 is 14.3 Å². The topological polar surface area (TPSA) is 95.3 Å². The summed E-state index contributed by atoms with van der Waals surface area (Å²) in [6.07, 6.45) is 3.33. The maximum absolute atomic E-state index is 12.6. The summed E-state index contributed by atoms with van der Waals surface area (Å²) in [5.41, 5.74) is 1.63. The zero-order valence-electron chi connectivity index (χ0n) is 16.5. The molecule has 1 amide bonds. The molecule has 8 heteroatoms. The number of carbonyl (C=O) groups is 1. The molecule has 0 aliphatic heterocycles. The first-order valence-electron chi connectivity index (χ1n) is 9.02. The van der Waals surface area contributed by atoms with Crippen LogP contribution in [0, 0.1) is 0 Å². The highest BCUT2D eigenvalue weighted by Gasteiger charge is 2.20. The van der Waals surface area contributed by atoms with E-state index in [4.69, 9.17) is 9.47 Å². The predicted molar refractivity (Wildman–Crippen MR) is 108 cm³/mol. The van der Waals surface area contributed by atoms with Gasteiger partial charge in [0.15, 0.2) is 5.75 Å². The zero-order valence-corrected chi connectivity index (χ0v) is 16.5. The molecule has 0 radical (unpaired) electrons. The molecule has 1 aromatic carbocycles. The van der Waals surface area contributed by atoms with E-state index in [-0.39, 0.29) is 5.91 Å². The highest BCUT2D eigenvalue weighted by molar-refractivity contribution is 5.79. The monoisotopic (exact) mass is 394 g/mol. The molecule has 0 spiro atoms.